The third-order valence-electron chi connectivity index (χ3n) is 14.3. The Kier molecular flexibility index (Phi) is 62.7. The second-order valence-corrected chi connectivity index (χ2v) is 22.0. The maximum Gasteiger partial charge on any atom is 0.306 e. The lowest BCUT2D eigenvalue weighted by Crippen LogP contribution is -2.30. The summed E-state index contributed by atoms with van der Waals surface area (Å²) in [6, 6.07) is 0. The topological polar surface area (TPSA) is 78.9 Å². The summed E-state index contributed by atoms with van der Waals surface area (Å²) >= 11 is 0. The molecule has 6 nitrogen and oxygen atoms in total. The van der Waals surface area contributed by atoms with Crippen molar-refractivity contribution in [3.05, 3.63) is 97.2 Å². The molecule has 448 valence electrons. The molecular weight excluding hydrogens is 961 g/mol. The SMILES string of the molecule is CC/C=C\C/C=C\C/C=C\C/C=C\CCCCCCCCCCCCCCCCCCCCC(=O)OCC(COC(=O)CCCCCCC/C=C\CCC)OC(=O)CCCCCCCC/C=C\C/C=C\C/C=C\CCCCC. The minimum Gasteiger partial charge on any atom is -0.462 e. The van der Waals surface area contributed by atoms with E-state index < -0.39 is 6.10 Å². The number of hydrogen-bond acceptors (Lipinski definition) is 6. The second-order valence-electron chi connectivity index (χ2n) is 22.0. The van der Waals surface area contributed by atoms with Crippen LogP contribution in [0.15, 0.2) is 97.2 Å². The molecule has 1 unspecified atom stereocenters. The molecule has 0 aromatic carbocycles. The van der Waals surface area contributed by atoms with Gasteiger partial charge in [0.2, 0.25) is 0 Å². The first kappa shape index (κ1) is 74.3. The molecule has 0 spiro atoms. The van der Waals surface area contributed by atoms with E-state index in [0.29, 0.717) is 19.3 Å². The quantitative estimate of drug-likeness (QED) is 0.0261. The average Bonchev–Trinajstić information content (AvgIpc) is 3.44. The zero-order chi connectivity index (χ0) is 56.4. The monoisotopic (exact) mass is 1080 g/mol. The molecular formula is C72H124O6. The highest BCUT2D eigenvalue weighted by molar-refractivity contribution is 5.71. The maximum atomic E-state index is 12.9. The van der Waals surface area contributed by atoms with Crippen LogP contribution in [0.5, 0.6) is 0 Å². The van der Waals surface area contributed by atoms with Crippen LogP contribution in [0.3, 0.4) is 0 Å². The number of carbonyl (C=O) groups is 3. The molecule has 0 aliphatic carbocycles. The molecule has 0 saturated carbocycles. The Morgan fingerprint density at radius 1 is 0.269 bits per heavy atom. The minimum absolute atomic E-state index is 0.0829. The Labute approximate surface area is 483 Å². The lowest BCUT2D eigenvalue weighted by Gasteiger charge is -2.18. The first-order valence-electron chi connectivity index (χ1n) is 33.2. The highest BCUT2D eigenvalue weighted by Crippen LogP contribution is 2.17. The van der Waals surface area contributed by atoms with Gasteiger partial charge in [-0.1, -0.05) is 285 Å². The number of ether oxygens (including phenoxy) is 3. The molecule has 0 aromatic rings. The Hall–Kier alpha value is -3.67. The molecule has 0 fully saturated rings. The van der Waals surface area contributed by atoms with Crippen molar-refractivity contribution in [2.24, 2.45) is 0 Å². The number of carbonyl (C=O) groups excluding carboxylic acids is 3. The van der Waals surface area contributed by atoms with E-state index in [-0.39, 0.29) is 31.1 Å². The Morgan fingerprint density at radius 2 is 0.526 bits per heavy atom. The predicted octanol–water partition coefficient (Wildman–Crippen LogP) is 22.8. The molecule has 1 atom stereocenters. The highest BCUT2D eigenvalue weighted by Gasteiger charge is 2.19. The van der Waals surface area contributed by atoms with Gasteiger partial charge in [0.05, 0.1) is 0 Å². The molecule has 0 radical (unpaired) electrons. The zero-order valence-electron chi connectivity index (χ0n) is 51.4. The van der Waals surface area contributed by atoms with Crippen LogP contribution < -0.4 is 0 Å². The van der Waals surface area contributed by atoms with E-state index in [9.17, 15) is 14.4 Å². The third kappa shape index (κ3) is 63.2. The van der Waals surface area contributed by atoms with Crippen molar-refractivity contribution >= 4 is 17.9 Å². The number of unbranched alkanes of at least 4 members (excludes halogenated alkanes) is 33. The molecule has 0 N–H and O–H groups in total. The summed E-state index contributed by atoms with van der Waals surface area (Å²) in [6.07, 6.45) is 88.7. The molecule has 0 bridgehead atoms. The van der Waals surface area contributed by atoms with E-state index in [2.05, 4.69) is 118 Å². The fraction of sp³-hybridized carbons (Fsp3) is 0.736. The summed E-state index contributed by atoms with van der Waals surface area (Å²) in [7, 11) is 0. The van der Waals surface area contributed by atoms with E-state index in [4.69, 9.17) is 14.2 Å². The van der Waals surface area contributed by atoms with E-state index in [0.717, 1.165) is 122 Å². The Morgan fingerprint density at radius 3 is 0.846 bits per heavy atom. The number of esters is 3. The summed E-state index contributed by atoms with van der Waals surface area (Å²) in [4.78, 5) is 38.2. The van der Waals surface area contributed by atoms with E-state index >= 15 is 0 Å². The van der Waals surface area contributed by atoms with Gasteiger partial charge in [-0.3, -0.25) is 14.4 Å². The van der Waals surface area contributed by atoms with Crippen molar-refractivity contribution in [2.45, 2.75) is 329 Å². The van der Waals surface area contributed by atoms with Crippen LogP contribution in [0.25, 0.3) is 0 Å². The number of hydrogen-bond donors (Lipinski definition) is 0. The van der Waals surface area contributed by atoms with Gasteiger partial charge in [-0.15, -0.1) is 0 Å². The molecule has 0 aliphatic heterocycles. The van der Waals surface area contributed by atoms with Crippen LogP contribution in [0.4, 0.5) is 0 Å². The zero-order valence-corrected chi connectivity index (χ0v) is 51.4. The van der Waals surface area contributed by atoms with Crippen LogP contribution in [-0.4, -0.2) is 37.2 Å². The Bertz CT molecular complexity index is 1530. The molecule has 0 rings (SSSR count). The third-order valence-corrected chi connectivity index (χ3v) is 14.3. The van der Waals surface area contributed by atoms with Gasteiger partial charge in [-0.25, -0.2) is 0 Å². The van der Waals surface area contributed by atoms with Crippen molar-refractivity contribution < 1.29 is 28.6 Å². The summed E-state index contributed by atoms with van der Waals surface area (Å²) in [5.74, 6) is -0.896. The highest BCUT2D eigenvalue weighted by atomic mass is 16.6. The predicted molar refractivity (Wildman–Crippen MR) is 339 cm³/mol. The molecule has 78 heavy (non-hydrogen) atoms. The lowest BCUT2D eigenvalue weighted by atomic mass is 10.0. The summed E-state index contributed by atoms with van der Waals surface area (Å²) in [6.45, 7) is 6.45. The second kappa shape index (κ2) is 65.8. The van der Waals surface area contributed by atoms with E-state index in [1.54, 1.807) is 0 Å². The van der Waals surface area contributed by atoms with Crippen molar-refractivity contribution in [1.29, 1.82) is 0 Å². The van der Waals surface area contributed by atoms with Gasteiger partial charge in [0.1, 0.15) is 13.2 Å². The number of allylic oxidation sites excluding steroid dienone is 16. The van der Waals surface area contributed by atoms with E-state index in [1.165, 1.54) is 161 Å². The fourth-order valence-electron chi connectivity index (χ4n) is 9.33. The molecule has 0 saturated heterocycles. The molecule has 0 aliphatic rings. The van der Waals surface area contributed by atoms with Crippen LogP contribution in [-0.2, 0) is 28.6 Å². The van der Waals surface area contributed by atoms with Crippen LogP contribution in [0.1, 0.15) is 323 Å². The summed E-state index contributed by atoms with van der Waals surface area (Å²) in [5, 5.41) is 0. The van der Waals surface area contributed by atoms with Crippen molar-refractivity contribution in [1.82, 2.24) is 0 Å². The van der Waals surface area contributed by atoms with Gasteiger partial charge >= 0.3 is 17.9 Å². The maximum absolute atomic E-state index is 12.9. The summed E-state index contributed by atoms with van der Waals surface area (Å²) < 4.78 is 16.9. The molecule has 0 amide bonds. The number of rotatable bonds is 60. The largest absolute Gasteiger partial charge is 0.462 e. The molecule has 0 heterocycles. The smallest absolute Gasteiger partial charge is 0.306 e. The van der Waals surface area contributed by atoms with Gasteiger partial charge in [-0.05, 0) is 116 Å². The minimum atomic E-state index is -0.787. The first-order valence-corrected chi connectivity index (χ1v) is 33.2. The van der Waals surface area contributed by atoms with Gasteiger partial charge in [0.25, 0.3) is 0 Å². The Balaban J connectivity index is 4.16. The standard InChI is InChI=1S/C72H124O6/c1-4-7-10-13-16-19-22-24-26-28-30-31-32-33-34-35-36-37-38-39-40-41-43-44-46-48-50-53-56-59-62-65-71(74)77-68-69(67-76-70(73)64-61-58-55-52-21-18-15-12-9-6-3)78-72(75)66-63-60-57-54-51-49-47-45-42-29-27-25-23-20-17-14-11-8-5-2/h7,10,12,15-17,19-20,24-27,30-31,42,45,69H,4-6,8-9,11,13-14,18,21-23,28-29,32-41,43-44,46-68H2,1-3H3/b10-7-,15-12-,19-16-,20-17-,26-24-,27-25-,31-30-,45-42-. The fourth-order valence-corrected chi connectivity index (χ4v) is 9.33. The molecule has 6 heteroatoms. The van der Waals surface area contributed by atoms with Gasteiger partial charge in [-0.2, -0.15) is 0 Å². The van der Waals surface area contributed by atoms with Gasteiger partial charge in [0, 0.05) is 19.3 Å². The molecule has 0 aromatic heterocycles. The lowest BCUT2D eigenvalue weighted by molar-refractivity contribution is -0.167. The first-order chi connectivity index (χ1) is 38.5. The van der Waals surface area contributed by atoms with Crippen molar-refractivity contribution in [2.75, 3.05) is 13.2 Å². The van der Waals surface area contributed by atoms with E-state index in [1.807, 2.05) is 0 Å². The average molecular weight is 1090 g/mol. The normalized spacial score (nSPS) is 12.7. The summed E-state index contributed by atoms with van der Waals surface area (Å²) in [5.41, 5.74) is 0. The van der Waals surface area contributed by atoms with Crippen LogP contribution in [0, 0.1) is 0 Å². The van der Waals surface area contributed by atoms with Gasteiger partial charge in [0.15, 0.2) is 6.10 Å². The van der Waals surface area contributed by atoms with Crippen molar-refractivity contribution in [3.8, 4) is 0 Å². The van der Waals surface area contributed by atoms with Crippen LogP contribution in [0.2, 0.25) is 0 Å². The van der Waals surface area contributed by atoms with Gasteiger partial charge < -0.3 is 14.2 Å². The van der Waals surface area contributed by atoms with Crippen LogP contribution >= 0.6 is 0 Å². The van der Waals surface area contributed by atoms with Crippen molar-refractivity contribution in [3.63, 3.8) is 0 Å².